The second-order valence-electron chi connectivity index (χ2n) is 4.09. The number of hydrogen-bond acceptors (Lipinski definition) is 2. The maximum absolute atomic E-state index is 13.5. The molecule has 0 amide bonds. The molecule has 2 N–H and O–H groups in total. The average Bonchev–Trinajstić information content (AvgIpc) is 2.38. The summed E-state index contributed by atoms with van der Waals surface area (Å²) in [6.45, 7) is 0.869. The molecule has 0 aliphatic rings. The van der Waals surface area contributed by atoms with E-state index in [0.29, 0.717) is 23.1 Å². The van der Waals surface area contributed by atoms with E-state index in [-0.39, 0.29) is 11.6 Å². The van der Waals surface area contributed by atoms with Crippen molar-refractivity contribution in [3.05, 3.63) is 62.3 Å². The molecule has 100 valence electrons. The normalized spacial score (nSPS) is 10.7. The zero-order chi connectivity index (χ0) is 13.8. The summed E-state index contributed by atoms with van der Waals surface area (Å²) in [4.78, 5) is 0. The highest BCUT2D eigenvalue weighted by atomic mass is 79.9. The van der Waals surface area contributed by atoms with E-state index in [1.165, 1.54) is 6.07 Å². The molecular weight excluding hydrogens is 377 g/mol. The molecular formula is C14H12Br2FNO. The zero-order valence-corrected chi connectivity index (χ0v) is 13.1. The van der Waals surface area contributed by atoms with Crippen LogP contribution in [-0.2, 0) is 13.1 Å². The van der Waals surface area contributed by atoms with E-state index in [9.17, 15) is 9.50 Å². The van der Waals surface area contributed by atoms with Gasteiger partial charge in [-0.3, -0.25) is 0 Å². The van der Waals surface area contributed by atoms with E-state index in [0.717, 1.165) is 10.0 Å². The molecule has 0 aliphatic heterocycles. The van der Waals surface area contributed by atoms with Crippen LogP contribution in [0.4, 0.5) is 4.39 Å². The minimum Gasteiger partial charge on any atom is -0.506 e. The molecule has 0 saturated heterocycles. The molecule has 2 rings (SSSR count). The number of halogens is 3. The number of aromatic hydroxyl groups is 1. The molecule has 2 aromatic carbocycles. The maximum atomic E-state index is 13.5. The first-order chi connectivity index (χ1) is 9.08. The molecule has 0 radical (unpaired) electrons. The molecule has 0 bridgehead atoms. The van der Waals surface area contributed by atoms with Crippen LogP contribution in [0.2, 0.25) is 0 Å². The fraction of sp³-hybridized carbons (Fsp3) is 0.143. The van der Waals surface area contributed by atoms with E-state index in [1.54, 1.807) is 18.2 Å². The predicted molar refractivity (Wildman–Crippen MR) is 80.5 cm³/mol. The van der Waals surface area contributed by atoms with Gasteiger partial charge in [0.05, 0.1) is 4.47 Å². The summed E-state index contributed by atoms with van der Waals surface area (Å²) in [5.41, 5.74) is 1.36. The highest BCUT2D eigenvalue weighted by molar-refractivity contribution is 9.10. The van der Waals surface area contributed by atoms with Gasteiger partial charge < -0.3 is 10.4 Å². The number of benzene rings is 2. The van der Waals surface area contributed by atoms with E-state index < -0.39 is 0 Å². The standard InChI is InChI=1S/C14H12Br2FNO/c15-11-4-5-13(17)10(6-11)8-18-7-9-2-1-3-12(16)14(9)19/h1-6,18-19H,7-8H2. The molecule has 0 aromatic heterocycles. The Morgan fingerprint density at radius 3 is 2.58 bits per heavy atom. The quantitative estimate of drug-likeness (QED) is 0.816. The highest BCUT2D eigenvalue weighted by Gasteiger charge is 2.06. The van der Waals surface area contributed by atoms with Gasteiger partial charge in [0.25, 0.3) is 0 Å². The maximum Gasteiger partial charge on any atom is 0.134 e. The van der Waals surface area contributed by atoms with Gasteiger partial charge in [0.2, 0.25) is 0 Å². The van der Waals surface area contributed by atoms with Crippen molar-refractivity contribution in [2.45, 2.75) is 13.1 Å². The fourth-order valence-electron chi connectivity index (χ4n) is 1.71. The van der Waals surface area contributed by atoms with Crippen molar-refractivity contribution in [2.24, 2.45) is 0 Å². The SMILES string of the molecule is Oc1c(Br)cccc1CNCc1cc(Br)ccc1F. The van der Waals surface area contributed by atoms with Gasteiger partial charge in [-0.05, 0) is 40.2 Å². The summed E-state index contributed by atoms with van der Waals surface area (Å²) in [6, 6.07) is 10.3. The second-order valence-corrected chi connectivity index (χ2v) is 5.86. The highest BCUT2D eigenvalue weighted by Crippen LogP contribution is 2.27. The van der Waals surface area contributed by atoms with E-state index in [2.05, 4.69) is 37.2 Å². The molecule has 0 atom stereocenters. The van der Waals surface area contributed by atoms with Crippen molar-refractivity contribution >= 4 is 31.9 Å². The van der Waals surface area contributed by atoms with Crippen LogP contribution in [-0.4, -0.2) is 5.11 Å². The summed E-state index contributed by atoms with van der Waals surface area (Å²) >= 11 is 6.57. The van der Waals surface area contributed by atoms with Crippen molar-refractivity contribution in [3.63, 3.8) is 0 Å². The minimum atomic E-state index is -0.242. The Hall–Kier alpha value is -0.910. The van der Waals surface area contributed by atoms with Crippen LogP contribution in [0.15, 0.2) is 45.3 Å². The summed E-state index contributed by atoms with van der Waals surface area (Å²) in [5, 5.41) is 12.9. The van der Waals surface area contributed by atoms with Crippen molar-refractivity contribution in [3.8, 4) is 5.75 Å². The molecule has 0 heterocycles. The summed E-state index contributed by atoms with van der Waals surface area (Å²) in [7, 11) is 0. The van der Waals surface area contributed by atoms with Crippen molar-refractivity contribution < 1.29 is 9.50 Å². The third-order valence-corrected chi connectivity index (χ3v) is 3.84. The van der Waals surface area contributed by atoms with Gasteiger partial charge >= 0.3 is 0 Å². The van der Waals surface area contributed by atoms with Crippen LogP contribution < -0.4 is 5.32 Å². The lowest BCUT2D eigenvalue weighted by Crippen LogP contribution is -2.13. The van der Waals surface area contributed by atoms with Crippen LogP contribution >= 0.6 is 31.9 Å². The first-order valence-corrected chi connectivity index (χ1v) is 7.27. The van der Waals surface area contributed by atoms with Gasteiger partial charge in [-0.15, -0.1) is 0 Å². The first-order valence-electron chi connectivity index (χ1n) is 5.69. The van der Waals surface area contributed by atoms with Crippen LogP contribution in [0.3, 0.4) is 0 Å². The van der Waals surface area contributed by atoms with Gasteiger partial charge in [-0.1, -0.05) is 28.1 Å². The lowest BCUT2D eigenvalue weighted by Gasteiger charge is -2.09. The third kappa shape index (κ3) is 3.78. The second kappa shape index (κ2) is 6.50. The number of nitrogens with one attached hydrogen (secondary N) is 1. The number of rotatable bonds is 4. The number of phenols is 1. The predicted octanol–water partition coefficient (Wildman–Crippen LogP) is 4.35. The van der Waals surface area contributed by atoms with Gasteiger partial charge in [0, 0.05) is 28.7 Å². The molecule has 2 aromatic rings. The topological polar surface area (TPSA) is 32.3 Å². The smallest absolute Gasteiger partial charge is 0.134 e. The van der Waals surface area contributed by atoms with Crippen LogP contribution in [0.25, 0.3) is 0 Å². The lowest BCUT2D eigenvalue weighted by molar-refractivity contribution is 0.460. The zero-order valence-electron chi connectivity index (χ0n) is 9.96. The Labute approximate surface area is 127 Å². The average molecular weight is 389 g/mol. The Bertz CT molecular complexity index is 588. The number of para-hydroxylation sites is 1. The molecule has 19 heavy (non-hydrogen) atoms. The van der Waals surface area contributed by atoms with Gasteiger partial charge in [0.15, 0.2) is 0 Å². The summed E-state index contributed by atoms with van der Waals surface area (Å²) in [5.74, 6) is -0.0288. The Morgan fingerprint density at radius 1 is 1.05 bits per heavy atom. The van der Waals surface area contributed by atoms with Crippen molar-refractivity contribution in [1.82, 2.24) is 5.32 Å². The molecule has 0 aliphatic carbocycles. The fourth-order valence-corrected chi connectivity index (χ4v) is 2.53. The third-order valence-electron chi connectivity index (χ3n) is 2.71. The van der Waals surface area contributed by atoms with Crippen LogP contribution in [0, 0.1) is 5.82 Å². The van der Waals surface area contributed by atoms with E-state index in [4.69, 9.17) is 0 Å². The Balaban J connectivity index is 2.00. The van der Waals surface area contributed by atoms with E-state index in [1.807, 2.05) is 12.1 Å². The summed E-state index contributed by atoms with van der Waals surface area (Å²) in [6.07, 6.45) is 0. The molecule has 0 spiro atoms. The minimum absolute atomic E-state index is 0.213. The lowest BCUT2D eigenvalue weighted by atomic mass is 10.2. The largest absolute Gasteiger partial charge is 0.506 e. The van der Waals surface area contributed by atoms with Crippen molar-refractivity contribution in [1.29, 1.82) is 0 Å². The van der Waals surface area contributed by atoms with Gasteiger partial charge in [0.1, 0.15) is 11.6 Å². The molecule has 0 saturated carbocycles. The Morgan fingerprint density at radius 2 is 1.79 bits per heavy atom. The van der Waals surface area contributed by atoms with Crippen molar-refractivity contribution in [2.75, 3.05) is 0 Å². The van der Waals surface area contributed by atoms with E-state index >= 15 is 0 Å². The van der Waals surface area contributed by atoms with Crippen LogP contribution in [0.5, 0.6) is 5.75 Å². The Kier molecular flexibility index (Phi) is 4.96. The van der Waals surface area contributed by atoms with Crippen LogP contribution in [0.1, 0.15) is 11.1 Å². The monoisotopic (exact) mass is 387 g/mol. The van der Waals surface area contributed by atoms with Gasteiger partial charge in [-0.2, -0.15) is 0 Å². The molecule has 5 heteroatoms. The molecule has 0 unspecified atom stereocenters. The number of hydrogen-bond donors (Lipinski definition) is 2. The molecule has 0 fully saturated rings. The van der Waals surface area contributed by atoms with Gasteiger partial charge in [-0.25, -0.2) is 4.39 Å². The number of phenolic OH excluding ortho intramolecular Hbond substituents is 1. The molecule has 2 nitrogen and oxygen atoms in total. The summed E-state index contributed by atoms with van der Waals surface area (Å²) < 4.78 is 15.0. The first kappa shape index (κ1) is 14.5.